The lowest BCUT2D eigenvalue weighted by molar-refractivity contribution is -0.121. The van der Waals surface area contributed by atoms with Crippen LogP contribution in [0.25, 0.3) is 0 Å². The Hall–Kier alpha value is -1.88. The molecule has 0 aromatic heterocycles. The minimum absolute atomic E-state index is 0.0151. The smallest absolute Gasteiger partial charge is 0.251 e. The molecule has 0 spiro atoms. The number of carbonyl (C=O) groups excluding carboxylic acids is 2. The summed E-state index contributed by atoms with van der Waals surface area (Å²) >= 11 is 0. The highest BCUT2D eigenvalue weighted by atomic mass is 16.2. The number of nitrogens with two attached hydrogens (primary N) is 1. The van der Waals surface area contributed by atoms with Gasteiger partial charge in [-0.2, -0.15) is 0 Å². The van der Waals surface area contributed by atoms with Crippen molar-refractivity contribution in [3.63, 3.8) is 0 Å². The van der Waals surface area contributed by atoms with E-state index in [1.165, 1.54) is 6.42 Å². The molecule has 0 heterocycles. The first-order valence-electron chi connectivity index (χ1n) is 7.55. The summed E-state index contributed by atoms with van der Waals surface area (Å²) in [7, 11) is 0. The van der Waals surface area contributed by atoms with Crippen LogP contribution in [0.2, 0.25) is 0 Å². The molecule has 5 nitrogen and oxygen atoms in total. The summed E-state index contributed by atoms with van der Waals surface area (Å²) in [6, 6.07) is 8.90. The van der Waals surface area contributed by atoms with Crippen LogP contribution >= 0.6 is 0 Å². The Bertz CT molecular complexity index is 476. The molecular formula is C16H23N3O2. The second kappa shape index (κ2) is 7.78. The quantitative estimate of drug-likeness (QED) is 0.728. The Morgan fingerprint density at radius 1 is 1.10 bits per heavy atom. The number of amides is 2. The Morgan fingerprint density at radius 3 is 2.57 bits per heavy atom. The Labute approximate surface area is 125 Å². The van der Waals surface area contributed by atoms with E-state index in [4.69, 9.17) is 5.73 Å². The molecule has 21 heavy (non-hydrogen) atoms. The van der Waals surface area contributed by atoms with Gasteiger partial charge in [0, 0.05) is 17.6 Å². The van der Waals surface area contributed by atoms with Gasteiger partial charge in [-0.25, -0.2) is 0 Å². The fourth-order valence-electron chi connectivity index (χ4n) is 2.63. The second-order valence-corrected chi connectivity index (χ2v) is 5.52. The zero-order chi connectivity index (χ0) is 15.1. The average Bonchev–Trinajstić information content (AvgIpc) is 2.71. The molecule has 0 aliphatic heterocycles. The van der Waals surface area contributed by atoms with E-state index in [2.05, 4.69) is 10.6 Å². The first-order chi connectivity index (χ1) is 10.2. The Balaban J connectivity index is 1.78. The number of nitrogens with one attached hydrogen (secondary N) is 2. The second-order valence-electron chi connectivity index (χ2n) is 5.52. The van der Waals surface area contributed by atoms with E-state index in [1.807, 2.05) is 6.07 Å². The highest BCUT2D eigenvalue weighted by Crippen LogP contribution is 2.16. The summed E-state index contributed by atoms with van der Waals surface area (Å²) in [6.07, 6.45) is 5.25. The van der Waals surface area contributed by atoms with Crippen molar-refractivity contribution < 1.29 is 9.59 Å². The predicted molar refractivity (Wildman–Crippen MR) is 81.8 cm³/mol. The lowest BCUT2D eigenvalue weighted by atomic mass is 10.0. The SMILES string of the molecule is NC1CCCCCC1NC(=O)CNC(=O)c1ccccc1. The minimum atomic E-state index is -0.240. The van der Waals surface area contributed by atoms with Crippen LogP contribution in [0, 0.1) is 0 Å². The van der Waals surface area contributed by atoms with Crippen LogP contribution in [0.4, 0.5) is 0 Å². The average molecular weight is 289 g/mol. The highest BCUT2D eigenvalue weighted by Gasteiger charge is 2.22. The zero-order valence-corrected chi connectivity index (χ0v) is 12.2. The number of carbonyl (C=O) groups is 2. The van der Waals surface area contributed by atoms with E-state index in [1.54, 1.807) is 24.3 Å². The molecule has 1 aliphatic rings. The Morgan fingerprint density at radius 2 is 1.81 bits per heavy atom. The van der Waals surface area contributed by atoms with Crippen LogP contribution in [0.1, 0.15) is 42.5 Å². The minimum Gasteiger partial charge on any atom is -0.350 e. The van der Waals surface area contributed by atoms with E-state index in [-0.39, 0.29) is 30.4 Å². The molecule has 0 radical (unpaired) electrons. The molecule has 2 atom stereocenters. The molecule has 1 aliphatic carbocycles. The lowest BCUT2D eigenvalue weighted by Gasteiger charge is -2.22. The summed E-state index contributed by atoms with van der Waals surface area (Å²) < 4.78 is 0. The van der Waals surface area contributed by atoms with Crippen molar-refractivity contribution in [3.05, 3.63) is 35.9 Å². The van der Waals surface area contributed by atoms with Crippen molar-refractivity contribution in [2.75, 3.05) is 6.54 Å². The molecule has 2 rings (SSSR count). The van der Waals surface area contributed by atoms with Crippen LogP contribution in [0.15, 0.2) is 30.3 Å². The van der Waals surface area contributed by atoms with Crippen molar-refractivity contribution in [3.8, 4) is 0 Å². The topological polar surface area (TPSA) is 84.2 Å². The van der Waals surface area contributed by atoms with Crippen molar-refractivity contribution >= 4 is 11.8 Å². The fourth-order valence-corrected chi connectivity index (χ4v) is 2.63. The van der Waals surface area contributed by atoms with Gasteiger partial charge < -0.3 is 16.4 Å². The molecule has 1 aromatic carbocycles. The van der Waals surface area contributed by atoms with Crippen molar-refractivity contribution in [1.82, 2.24) is 10.6 Å². The van der Waals surface area contributed by atoms with Gasteiger partial charge in [0.15, 0.2) is 0 Å². The first kappa shape index (κ1) is 15.5. The lowest BCUT2D eigenvalue weighted by Crippen LogP contribution is -2.49. The molecular weight excluding hydrogens is 266 g/mol. The largest absolute Gasteiger partial charge is 0.350 e. The standard InChI is InChI=1S/C16H23N3O2/c17-13-9-5-2-6-10-14(13)19-15(20)11-18-16(21)12-7-3-1-4-8-12/h1,3-4,7-8,13-14H,2,5-6,9-11,17H2,(H,18,21)(H,19,20). The monoisotopic (exact) mass is 289 g/mol. The molecule has 1 fully saturated rings. The molecule has 4 N–H and O–H groups in total. The number of benzene rings is 1. The zero-order valence-electron chi connectivity index (χ0n) is 12.2. The van der Waals surface area contributed by atoms with Gasteiger partial charge in [0.1, 0.15) is 0 Å². The van der Waals surface area contributed by atoms with E-state index < -0.39 is 0 Å². The maximum atomic E-state index is 11.9. The van der Waals surface area contributed by atoms with Gasteiger partial charge in [-0.1, -0.05) is 37.5 Å². The number of hydrogen-bond acceptors (Lipinski definition) is 3. The van der Waals surface area contributed by atoms with Gasteiger partial charge >= 0.3 is 0 Å². The van der Waals surface area contributed by atoms with Crippen molar-refractivity contribution in [1.29, 1.82) is 0 Å². The molecule has 1 saturated carbocycles. The van der Waals surface area contributed by atoms with E-state index >= 15 is 0 Å². The van der Waals surface area contributed by atoms with Gasteiger partial charge in [-0.3, -0.25) is 9.59 Å². The van der Waals surface area contributed by atoms with Gasteiger partial charge in [0.2, 0.25) is 5.91 Å². The number of hydrogen-bond donors (Lipinski definition) is 3. The maximum Gasteiger partial charge on any atom is 0.251 e. The Kier molecular flexibility index (Phi) is 5.75. The van der Waals surface area contributed by atoms with Crippen LogP contribution in [0.5, 0.6) is 0 Å². The predicted octanol–water partition coefficient (Wildman–Crippen LogP) is 1.19. The summed E-state index contributed by atoms with van der Waals surface area (Å²) in [5, 5.41) is 5.56. The number of rotatable bonds is 4. The maximum absolute atomic E-state index is 11.9. The van der Waals surface area contributed by atoms with Crippen LogP contribution in [-0.4, -0.2) is 30.4 Å². The first-order valence-corrected chi connectivity index (χ1v) is 7.55. The molecule has 2 amide bonds. The van der Waals surface area contributed by atoms with E-state index in [0.717, 1.165) is 25.7 Å². The van der Waals surface area contributed by atoms with Gasteiger partial charge in [-0.05, 0) is 25.0 Å². The van der Waals surface area contributed by atoms with Crippen LogP contribution in [-0.2, 0) is 4.79 Å². The van der Waals surface area contributed by atoms with E-state index in [0.29, 0.717) is 5.56 Å². The third kappa shape index (κ3) is 4.86. The molecule has 0 bridgehead atoms. The normalized spacial score (nSPS) is 22.1. The summed E-state index contributed by atoms with van der Waals surface area (Å²) in [4.78, 5) is 23.8. The molecule has 2 unspecified atom stereocenters. The van der Waals surface area contributed by atoms with Crippen molar-refractivity contribution in [2.24, 2.45) is 5.73 Å². The van der Waals surface area contributed by atoms with E-state index in [9.17, 15) is 9.59 Å². The third-order valence-corrected chi connectivity index (χ3v) is 3.86. The fraction of sp³-hybridized carbons (Fsp3) is 0.500. The van der Waals surface area contributed by atoms with Gasteiger partial charge in [0.05, 0.1) is 6.54 Å². The third-order valence-electron chi connectivity index (χ3n) is 3.86. The summed E-state index contributed by atoms with van der Waals surface area (Å²) in [5.41, 5.74) is 6.62. The highest BCUT2D eigenvalue weighted by molar-refractivity contribution is 5.96. The molecule has 0 saturated heterocycles. The molecule has 1 aromatic rings. The molecule has 114 valence electrons. The summed E-state index contributed by atoms with van der Waals surface area (Å²) in [5.74, 6) is -0.419. The summed E-state index contributed by atoms with van der Waals surface area (Å²) in [6.45, 7) is -0.0169. The van der Waals surface area contributed by atoms with Crippen LogP contribution < -0.4 is 16.4 Å². The van der Waals surface area contributed by atoms with Gasteiger partial charge in [-0.15, -0.1) is 0 Å². The molecule has 5 heteroatoms. The van der Waals surface area contributed by atoms with Crippen molar-refractivity contribution in [2.45, 2.75) is 44.2 Å². The van der Waals surface area contributed by atoms with Gasteiger partial charge in [0.25, 0.3) is 5.91 Å². The van der Waals surface area contributed by atoms with Crippen LogP contribution in [0.3, 0.4) is 0 Å².